The third-order valence-corrected chi connectivity index (χ3v) is 26.5. The summed E-state index contributed by atoms with van der Waals surface area (Å²) in [5.41, 5.74) is 4.62. The number of aryl methyl sites for hydroxylation is 1. The van der Waals surface area contributed by atoms with E-state index in [0.717, 1.165) is 11.4 Å². The number of para-hydroxylation sites is 1. The molecule has 0 saturated heterocycles. The van der Waals surface area contributed by atoms with Crippen LogP contribution in [0.3, 0.4) is 0 Å². The molecule has 0 unspecified atom stereocenters. The molecule has 0 radical (unpaired) electrons. The van der Waals surface area contributed by atoms with Gasteiger partial charge in [0.25, 0.3) is 0 Å². The molecule has 0 aliphatic rings. The van der Waals surface area contributed by atoms with Crippen molar-refractivity contribution in [2.45, 2.75) is 20.0 Å². The second-order valence-electron chi connectivity index (χ2n) is 23.7. The first-order valence-electron chi connectivity index (χ1n) is 34.4. The molecule has 0 amide bonds. The smallest absolute Gasteiger partial charge is 0.387 e. The summed E-state index contributed by atoms with van der Waals surface area (Å²) in [5, 5.41) is 25.9. The molecule has 0 aliphatic carbocycles. The van der Waals surface area contributed by atoms with Crippen LogP contribution < -0.4 is 68.4 Å². The Morgan fingerprint density at radius 1 is 0.368 bits per heavy atom. The summed E-state index contributed by atoms with van der Waals surface area (Å²) in [6.45, 7) is -1.04. The third kappa shape index (κ3) is 21.2. The minimum atomic E-state index is -2.89. The third-order valence-electron chi connectivity index (χ3n) is 16.7. The van der Waals surface area contributed by atoms with Crippen molar-refractivity contribution < 1.29 is 33.9 Å². The quantitative estimate of drug-likeness (QED) is 0.0671. The molecule has 0 fully saturated rings. The van der Waals surface area contributed by atoms with Gasteiger partial charge in [0, 0.05) is 56.6 Å². The molecule has 0 saturated carbocycles. The van der Waals surface area contributed by atoms with Gasteiger partial charge in [-0.1, -0.05) is 382 Å². The number of nitrogens with zero attached hydrogens (tertiary/aromatic N) is 5. The number of hydrogen-bond acceptors (Lipinski definition) is 5. The maximum Gasteiger partial charge on any atom is 0.387 e. The average Bonchev–Trinajstić information content (AvgIpc) is 1.69. The Labute approximate surface area is 639 Å². The van der Waals surface area contributed by atoms with Crippen LogP contribution in [0, 0.1) is 18.3 Å². The number of imidazole rings is 1. The van der Waals surface area contributed by atoms with Crippen molar-refractivity contribution in [2.24, 2.45) is 0 Å². The van der Waals surface area contributed by atoms with E-state index in [9.17, 15) is 8.78 Å². The molecule has 0 spiro atoms. The number of nitriles is 1. The van der Waals surface area contributed by atoms with Crippen molar-refractivity contribution >= 4 is 101 Å². The van der Waals surface area contributed by atoms with Crippen LogP contribution in [-0.4, -0.2) is 26.0 Å². The van der Waals surface area contributed by atoms with Crippen molar-refractivity contribution in [1.82, 2.24) is 19.4 Å². The van der Waals surface area contributed by atoms with Gasteiger partial charge >= 0.3 is 6.61 Å². The van der Waals surface area contributed by atoms with E-state index < -0.39 is 38.3 Å². The summed E-state index contributed by atoms with van der Waals surface area (Å²) in [4.78, 5) is 13.0. The van der Waals surface area contributed by atoms with Gasteiger partial charge in [-0.15, -0.1) is 0 Å². The molecule has 0 atom stereocenters. The largest absolute Gasteiger partial charge is 0.435 e. The van der Waals surface area contributed by atoms with Crippen LogP contribution in [-0.2, 0) is 26.8 Å². The van der Waals surface area contributed by atoms with Crippen molar-refractivity contribution in [1.29, 1.82) is 5.26 Å². The van der Waals surface area contributed by atoms with Gasteiger partial charge in [0.2, 0.25) is 0 Å². The van der Waals surface area contributed by atoms with Crippen molar-refractivity contribution in [3.05, 3.63) is 442 Å². The minimum absolute atomic E-state index is 0. The van der Waals surface area contributed by atoms with Gasteiger partial charge in [-0.2, -0.15) is 14.0 Å². The number of rotatable bonds is 17. The Morgan fingerprint density at radius 2 is 0.632 bits per heavy atom. The van der Waals surface area contributed by atoms with Crippen LogP contribution >= 0.6 is 31.7 Å². The van der Waals surface area contributed by atoms with E-state index in [1.165, 1.54) is 75.9 Å². The van der Waals surface area contributed by atoms with Crippen LogP contribution in [0.15, 0.2) is 419 Å². The first kappa shape index (κ1) is 76.3. The van der Waals surface area contributed by atoms with Gasteiger partial charge < -0.3 is 4.74 Å². The molecule has 3 heterocycles. The summed E-state index contributed by atoms with van der Waals surface area (Å²) in [6, 6.07) is 140. The normalized spacial score (nSPS) is 10.6. The first-order valence-corrected chi connectivity index (χ1v) is 39.7. The van der Waals surface area contributed by atoms with E-state index in [2.05, 4.69) is 390 Å². The number of fused-ring (bicyclic) bond motifs is 1. The van der Waals surface area contributed by atoms with Crippen molar-refractivity contribution in [3.8, 4) is 23.1 Å². The second-order valence-corrected chi connectivity index (χ2v) is 32.6. The van der Waals surface area contributed by atoms with Crippen LogP contribution in [0.2, 0.25) is 0 Å². The minimum Gasteiger partial charge on any atom is -0.435 e. The van der Waals surface area contributed by atoms with E-state index >= 15 is 0 Å². The zero-order chi connectivity index (χ0) is 72.0. The fraction of sp³-hybridized carbons (Fsp3) is 0.0323. The summed E-state index contributed by atoms with van der Waals surface area (Å²) >= 11 is 0. The predicted molar refractivity (Wildman–Crippen MR) is 442 cm³/mol. The van der Waals surface area contributed by atoms with Gasteiger partial charge in [0.1, 0.15) is 11.8 Å². The zero-order valence-corrected chi connectivity index (χ0v) is 63.3. The zero-order valence-electron chi connectivity index (χ0n) is 58.1. The number of alkyl halides is 2. The number of halogens is 2. The predicted octanol–water partition coefficient (Wildman–Crippen LogP) is 17.9. The molecule has 16 aromatic rings. The molecule has 16 rings (SSSR count). The molecule has 13 aromatic carbocycles. The SMILES string of the molecule is Cc1nc2cnc(-c3cncc(C#N)c3)cn2c1Cc1ccccc1OC(F)F.[Pd].c1ccc(P(c2ccccc2)c2ccccc2)cc1.c1ccc(P(c2ccccc2)c2ccccc2)cc1.c1ccc(P(c2ccccc2)c2ccccc2)cc1.c1ccc(P(c2ccccc2)c2ccccc2)cc1. The maximum absolute atomic E-state index is 12.7. The number of pyridine rings is 1. The summed E-state index contributed by atoms with van der Waals surface area (Å²) in [7, 11) is -1.78. The van der Waals surface area contributed by atoms with Gasteiger partial charge in [0.15, 0.2) is 5.65 Å². The molecule has 106 heavy (non-hydrogen) atoms. The van der Waals surface area contributed by atoms with Crippen LogP contribution in [0.25, 0.3) is 16.9 Å². The molecule has 0 N–H and O–H groups in total. The second kappa shape index (κ2) is 40.4. The molecule has 6 nitrogen and oxygen atoms in total. The monoisotopic (exact) mass is 1550 g/mol. The molecular weight excluding hydrogens is 1470 g/mol. The van der Waals surface area contributed by atoms with E-state index in [1.54, 1.807) is 42.9 Å². The van der Waals surface area contributed by atoms with Gasteiger partial charge in [-0.05, 0) is 114 Å². The average molecular weight is 1550 g/mol. The maximum atomic E-state index is 12.7. The van der Waals surface area contributed by atoms with Gasteiger partial charge in [0.05, 0.1) is 28.8 Å². The Kier molecular flexibility index (Phi) is 29.1. The number of hydrogen-bond donors (Lipinski definition) is 0. The fourth-order valence-electron chi connectivity index (χ4n) is 11.9. The molecule has 3 aromatic heterocycles. The number of benzene rings is 13. The van der Waals surface area contributed by atoms with Crippen molar-refractivity contribution in [3.63, 3.8) is 0 Å². The summed E-state index contributed by atoms with van der Waals surface area (Å²) in [5.74, 6) is 0.136. The van der Waals surface area contributed by atoms with Crippen LogP contribution in [0.5, 0.6) is 5.75 Å². The standard InChI is InChI=1S/C21H15F2N5O.4C18H15P.Pd/c1-13-18(7-15-4-2-3-5-19(15)29-21(22)23)28-12-17(26-11-20(28)27-13)16-6-14(8-24)9-25-10-16;4*1-4-10-16(11-5-1)19(17-12-6-2-7-13-17)18-14-8-3-9-15-18;/h2-6,9-12,21H,7H2,1H3;4*1-15H;. The van der Waals surface area contributed by atoms with E-state index in [-0.39, 0.29) is 26.2 Å². The van der Waals surface area contributed by atoms with E-state index in [4.69, 9.17) is 5.26 Å². The summed E-state index contributed by atoms with van der Waals surface area (Å²) in [6.07, 6.45) is 6.90. The van der Waals surface area contributed by atoms with Gasteiger partial charge in [-0.25, -0.2) is 4.98 Å². The first-order chi connectivity index (χ1) is 51.8. The number of ether oxygens (including phenoxy) is 1. The fourth-order valence-corrected chi connectivity index (χ4v) is 21.1. The topological polar surface area (TPSA) is 76.1 Å². The molecule has 0 bridgehead atoms. The van der Waals surface area contributed by atoms with E-state index in [1.807, 2.05) is 11.3 Å². The summed E-state index contributed by atoms with van der Waals surface area (Å²) < 4.78 is 32.0. The molecule has 522 valence electrons. The Balaban J connectivity index is 0.000000134. The van der Waals surface area contributed by atoms with E-state index in [0.29, 0.717) is 34.5 Å². The Morgan fingerprint density at radius 3 is 0.896 bits per heavy atom. The molecular formula is C93H75F2N5OP4Pd. The molecule has 13 heteroatoms. The molecule has 0 aliphatic heterocycles. The Bertz CT molecular complexity index is 4400. The van der Waals surface area contributed by atoms with Gasteiger partial charge in [-0.3, -0.25) is 14.4 Å². The van der Waals surface area contributed by atoms with Crippen LogP contribution in [0.1, 0.15) is 22.5 Å². The Hall–Kier alpha value is -10.8. The van der Waals surface area contributed by atoms with Crippen molar-refractivity contribution in [2.75, 3.05) is 0 Å². The van der Waals surface area contributed by atoms with Crippen LogP contribution in [0.4, 0.5) is 8.78 Å². The number of aromatic nitrogens is 4.